The van der Waals surface area contributed by atoms with E-state index in [0.717, 1.165) is 22.1 Å². The number of aromatic nitrogens is 1. The number of halogens is 4. The molecule has 0 spiro atoms. The molecule has 1 aromatic heterocycles. The number of alkyl halides is 2. The van der Waals surface area contributed by atoms with Gasteiger partial charge in [0.1, 0.15) is 11.8 Å². The van der Waals surface area contributed by atoms with Gasteiger partial charge in [0, 0.05) is 43.3 Å². The predicted octanol–water partition coefficient (Wildman–Crippen LogP) is 2.35. The Labute approximate surface area is 207 Å². The van der Waals surface area contributed by atoms with E-state index in [4.69, 9.17) is 9.57 Å². The summed E-state index contributed by atoms with van der Waals surface area (Å²) in [6.07, 6.45) is -2.14. The fourth-order valence-electron chi connectivity index (χ4n) is 3.79. The average Bonchev–Trinajstić information content (AvgIpc) is 3.07. The molecule has 0 radical (unpaired) electrons. The van der Waals surface area contributed by atoms with Gasteiger partial charge >= 0.3 is 18.5 Å². The molecule has 4 amide bonds. The van der Waals surface area contributed by atoms with Crippen molar-refractivity contribution in [3.8, 4) is 0 Å². The number of urea groups is 1. The molecule has 4 rings (SSSR count). The summed E-state index contributed by atoms with van der Waals surface area (Å²) >= 11 is 0. The first-order valence-corrected chi connectivity index (χ1v) is 11.1. The predicted molar refractivity (Wildman–Crippen MR) is 121 cm³/mol. The highest BCUT2D eigenvalue weighted by atomic mass is 19.3. The van der Waals surface area contributed by atoms with E-state index >= 15 is 8.78 Å². The summed E-state index contributed by atoms with van der Waals surface area (Å²) in [6, 6.07) is 4.51. The molecule has 0 saturated carbocycles. The minimum absolute atomic E-state index is 0.00200. The molecule has 1 aromatic carbocycles. The lowest BCUT2D eigenvalue weighted by molar-refractivity contribution is -0.132. The van der Waals surface area contributed by atoms with E-state index < -0.39 is 42.2 Å². The Morgan fingerprint density at radius 1 is 1.11 bits per heavy atom. The fraction of sp³-hybridized carbons (Fsp3) is 0.364. The monoisotopic (exact) mass is 526 g/mol. The summed E-state index contributed by atoms with van der Waals surface area (Å²) in [7, 11) is 0. The number of hydrogen-bond acceptors (Lipinski definition) is 7. The van der Waals surface area contributed by atoms with Gasteiger partial charge in [0.15, 0.2) is 11.6 Å². The van der Waals surface area contributed by atoms with E-state index in [9.17, 15) is 23.2 Å². The first kappa shape index (κ1) is 25.9. The van der Waals surface area contributed by atoms with Crippen LogP contribution in [-0.4, -0.2) is 79.9 Å². The Kier molecular flexibility index (Phi) is 7.91. The van der Waals surface area contributed by atoms with Gasteiger partial charge < -0.3 is 20.3 Å². The van der Waals surface area contributed by atoms with Gasteiger partial charge in [-0.1, -0.05) is 0 Å². The van der Waals surface area contributed by atoms with Crippen LogP contribution in [0.4, 0.5) is 44.2 Å². The molecular formula is C22H22F4N6O5. The summed E-state index contributed by atoms with van der Waals surface area (Å²) in [5.74, 6) is -3.45. The Morgan fingerprint density at radius 3 is 2.49 bits per heavy atom. The van der Waals surface area contributed by atoms with Crippen molar-refractivity contribution in [2.24, 2.45) is 0 Å². The quantitative estimate of drug-likeness (QED) is 0.556. The third-order valence-electron chi connectivity index (χ3n) is 5.55. The Morgan fingerprint density at radius 2 is 1.81 bits per heavy atom. The molecule has 3 heterocycles. The normalized spacial score (nSPS) is 18.0. The zero-order valence-electron chi connectivity index (χ0n) is 19.2. The number of cyclic esters (lactones) is 1. The number of ether oxygens (including phenoxy) is 1. The van der Waals surface area contributed by atoms with Crippen molar-refractivity contribution in [1.82, 2.24) is 15.4 Å². The van der Waals surface area contributed by atoms with Crippen LogP contribution in [0.1, 0.15) is 0 Å². The van der Waals surface area contributed by atoms with E-state index in [1.54, 1.807) is 12.1 Å². The van der Waals surface area contributed by atoms with E-state index in [1.807, 2.05) is 5.32 Å². The number of amides is 4. The molecule has 1 unspecified atom stereocenters. The summed E-state index contributed by atoms with van der Waals surface area (Å²) in [5.41, 5.74) is -0.00984. The second-order valence-electron chi connectivity index (χ2n) is 8.01. The van der Waals surface area contributed by atoms with E-state index in [1.165, 1.54) is 17.3 Å². The van der Waals surface area contributed by atoms with Gasteiger partial charge in [-0.15, -0.1) is 0 Å². The molecule has 11 nitrogen and oxygen atoms in total. The second kappa shape index (κ2) is 11.3. The van der Waals surface area contributed by atoms with Crippen molar-refractivity contribution in [2.45, 2.75) is 12.5 Å². The molecule has 15 heteroatoms. The number of benzene rings is 1. The van der Waals surface area contributed by atoms with Gasteiger partial charge in [-0.3, -0.25) is 19.5 Å². The van der Waals surface area contributed by atoms with Crippen molar-refractivity contribution in [3.05, 3.63) is 48.3 Å². The molecule has 1 atom stereocenters. The van der Waals surface area contributed by atoms with Gasteiger partial charge in [-0.05, 0) is 12.1 Å². The number of nitrogens with zero attached hydrogens (tertiary/aromatic N) is 4. The van der Waals surface area contributed by atoms with Crippen LogP contribution in [0.15, 0.2) is 36.7 Å². The Balaban J connectivity index is 1.39. The van der Waals surface area contributed by atoms with Crippen LogP contribution < -0.4 is 20.4 Å². The van der Waals surface area contributed by atoms with Crippen LogP contribution in [0.25, 0.3) is 0 Å². The van der Waals surface area contributed by atoms with Crippen LogP contribution in [0, 0.1) is 11.6 Å². The van der Waals surface area contributed by atoms with Crippen LogP contribution in [0.2, 0.25) is 0 Å². The molecule has 2 aliphatic heterocycles. The van der Waals surface area contributed by atoms with Crippen molar-refractivity contribution < 1.29 is 41.5 Å². The lowest BCUT2D eigenvalue weighted by Gasteiger charge is -2.24. The summed E-state index contributed by atoms with van der Waals surface area (Å²) in [6.45, 7) is -0.497. The van der Waals surface area contributed by atoms with E-state index in [0.29, 0.717) is 5.69 Å². The van der Waals surface area contributed by atoms with E-state index in [-0.39, 0.29) is 50.7 Å². The maximum Gasteiger partial charge on any atom is 0.414 e. The molecule has 0 bridgehead atoms. The molecule has 2 aliphatic rings. The summed E-state index contributed by atoms with van der Waals surface area (Å²) in [4.78, 5) is 47.2. The standard InChI is InChI=1S/C22H22F4N6O5/c23-16-9-14(31-12-15(37-22(31)35)11-28-20(33)19(25)26)10-17(24)18(16)30-5-6-32(36-8-7-30)21(34)29-13-1-3-27-4-2-13/h1-4,9-10,15,19H,5-8,11-12H2,(H,28,33)(H,27,29,34). The highest BCUT2D eigenvalue weighted by molar-refractivity contribution is 5.90. The number of carbonyl (C=O) groups is 3. The molecular weight excluding hydrogens is 504 g/mol. The van der Waals surface area contributed by atoms with Crippen molar-refractivity contribution in [2.75, 3.05) is 54.4 Å². The third kappa shape index (κ3) is 6.17. The molecule has 198 valence electrons. The number of hydrogen-bond donors (Lipinski definition) is 2. The van der Waals surface area contributed by atoms with Gasteiger partial charge in [0.25, 0.3) is 5.91 Å². The molecule has 0 aliphatic carbocycles. The number of anilines is 3. The largest absolute Gasteiger partial charge is 0.442 e. The van der Waals surface area contributed by atoms with Crippen LogP contribution >= 0.6 is 0 Å². The number of pyridine rings is 1. The minimum Gasteiger partial charge on any atom is -0.442 e. The second-order valence-corrected chi connectivity index (χ2v) is 8.01. The zero-order valence-corrected chi connectivity index (χ0v) is 19.2. The van der Waals surface area contributed by atoms with Gasteiger partial charge in [-0.2, -0.15) is 8.78 Å². The average molecular weight is 526 g/mol. The molecule has 2 fully saturated rings. The maximum absolute atomic E-state index is 15.1. The minimum atomic E-state index is -3.23. The SMILES string of the molecule is O=C(NCC1CN(c2cc(F)c(N3CCON(C(=O)Nc4ccncc4)CC3)c(F)c2)C(=O)O1)C(F)F. The Hall–Kier alpha value is -4.14. The van der Waals surface area contributed by atoms with Gasteiger partial charge in [0.2, 0.25) is 0 Å². The fourth-order valence-corrected chi connectivity index (χ4v) is 3.79. The zero-order chi connectivity index (χ0) is 26.5. The first-order valence-electron chi connectivity index (χ1n) is 11.1. The number of carbonyl (C=O) groups excluding carboxylic acids is 3. The lowest BCUT2D eigenvalue weighted by Crippen LogP contribution is -2.37. The number of rotatable bonds is 6. The molecule has 2 aromatic rings. The van der Waals surface area contributed by atoms with Gasteiger partial charge in [0.05, 0.1) is 31.9 Å². The van der Waals surface area contributed by atoms with E-state index in [2.05, 4.69) is 10.3 Å². The van der Waals surface area contributed by atoms with Crippen LogP contribution in [0.5, 0.6) is 0 Å². The van der Waals surface area contributed by atoms with Gasteiger partial charge in [-0.25, -0.2) is 23.4 Å². The number of nitrogens with one attached hydrogen (secondary N) is 2. The van der Waals surface area contributed by atoms with Crippen molar-refractivity contribution in [3.63, 3.8) is 0 Å². The lowest BCUT2D eigenvalue weighted by atomic mass is 10.2. The highest BCUT2D eigenvalue weighted by Crippen LogP contribution is 2.31. The topological polar surface area (TPSA) is 116 Å². The number of hydroxylamine groups is 2. The van der Waals surface area contributed by atoms with Crippen molar-refractivity contribution >= 4 is 35.1 Å². The van der Waals surface area contributed by atoms with Crippen LogP contribution in [0.3, 0.4) is 0 Å². The molecule has 2 N–H and O–H groups in total. The highest BCUT2D eigenvalue weighted by Gasteiger charge is 2.34. The smallest absolute Gasteiger partial charge is 0.414 e. The summed E-state index contributed by atoms with van der Waals surface area (Å²) < 4.78 is 59.7. The maximum atomic E-state index is 15.1. The first-order chi connectivity index (χ1) is 17.7. The molecule has 37 heavy (non-hydrogen) atoms. The Bertz CT molecular complexity index is 1130. The molecule has 2 saturated heterocycles. The van der Waals surface area contributed by atoms with Crippen molar-refractivity contribution in [1.29, 1.82) is 0 Å². The third-order valence-corrected chi connectivity index (χ3v) is 5.55. The van der Waals surface area contributed by atoms with Crippen LogP contribution in [-0.2, 0) is 14.4 Å². The summed E-state index contributed by atoms with van der Waals surface area (Å²) in [5, 5.41) is 5.61.